The van der Waals surface area contributed by atoms with Crippen LogP contribution in [0.2, 0.25) is 0 Å². The van der Waals surface area contributed by atoms with Gasteiger partial charge in [-0.15, -0.1) is 0 Å². The average Bonchev–Trinajstić information content (AvgIpc) is 3.10. The lowest BCUT2D eigenvalue weighted by Gasteiger charge is -2.66. The minimum absolute atomic E-state index is 0.130. The predicted octanol–water partition coefficient (Wildman–Crippen LogP) is 3.07. The maximum atomic E-state index is 13.0. The second-order valence-corrected chi connectivity index (χ2v) is 12.9. The molecule has 0 radical (unpaired) electrons. The Morgan fingerprint density at radius 1 is 1.05 bits per heavy atom. The zero-order valence-electron chi connectivity index (χ0n) is 22.0. The molecule has 0 aromatic heterocycles. The van der Waals surface area contributed by atoms with Gasteiger partial charge in [-0.25, -0.2) is 4.79 Å². The van der Waals surface area contributed by atoms with Crippen LogP contribution >= 0.6 is 0 Å². The number of rotatable bonds is 2. The van der Waals surface area contributed by atoms with Gasteiger partial charge in [-0.1, -0.05) is 0 Å². The Kier molecular flexibility index (Phi) is 5.37. The minimum Gasteiger partial charge on any atom is -0.444 e. The summed E-state index contributed by atoms with van der Waals surface area (Å²) < 4.78 is 5.55. The monoisotopic (exact) mass is 508 g/mol. The molecule has 2 spiro atoms. The fourth-order valence-corrected chi connectivity index (χ4v) is 7.31. The number of ether oxygens (including phenoxy) is 1. The lowest BCUT2D eigenvalue weighted by atomic mass is 9.47. The first-order chi connectivity index (χ1) is 17.4. The summed E-state index contributed by atoms with van der Waals surface area (Å²) in [5, 5.41) is 2.36. The Bertz CT molecular complexity index is 1160. The Labute approximate surface area is 217 Å². The molecule has 4 amide bonds. The van der Waals surface area contributed by atoms with Crippen molar-refractivity contribution in [3.63, 3.8) is 0 Å². The van der Waals surface area contributed by atoms with Crippen LogP contribution in [0, 0.1) is 10.8 Å². The maximum absolute atomic E-state index is 13.0. The molecule has 1 unspecified atom stereocenters. The third kappa shape index (κ3) is 4.26. The molecule has 1 aromatic carbocycles. The first kappa shape index (κ1) is 24.2. The van der Waals surface area contributed by atoms with Crippen LogP contribution in [0.3, 0.4) is 0 Å². The van der Waals surface area contributed by atoms with E-state index in [9.17, 15) is 19.2 Å². The van der Waals surface area contributed by atoms with E-state index < -0.39 is 11.6 Å². The average molecular weight is 509 g/mol. The van der Waals surface area contributed by atoms with Gasteiger partial charge in [0.1, 0.15) is 11.6 Å². The molecule has 1 aromatic rings. The van der Waals surface area contributed by atoms with E-state index in [1.54, 1.807) is 4.90 Å². The minimum atomic E-state index is -0.582. The highest BCUT2D eigenvalue weighted by atomic mass is 16.6. The number of carbonyl (C=O) groups is 4. The summed E-state index contributed by atoms with van der Waals surface area (Å²) in [6.45, 7) is 9.71. The van der Waals surface area contributed by atoms with Gasteiger partial charge >= 0.3 is 6.09 Å². The summed E-state index contributed by atoms with van der Waals surface area (Å²) in [4.78, 5) is 55.0. The van der Waals surface area contributed by atoms with Crippen molar-refractivity contribution in [2.75, 3.05) is 31.1 Å². The Morgan fingerprint density at radius 3 is 2.41 bits per heavy atom. The third-order valence-electron chi connectivity index (χ3n) is 8.90. The number of nitrogens with one attached hydrogen (secondary N) is 1. The van der Waals surface area contributed by atoms with E-state index in [0.29, 0.717) is 29.4 Å². The van der Waals surface area contributed by atoms with Gasteiger partial charge in [0.15, 0.2) is 0 Å². The van der Waals surface area contributed by atoms with Crippen molar-refractivity contribution in [2.45, 2.75) is 77.5 Å². The summed E-state index contributed by atoms with van der Waals surface area (Å²) in [6, 6.07) is 5.42. The smallest absolute Gasteiger partial charge is 0.410 e. The van der Waals surface area contributed by atoms with Crippen LogP contribution in [0.1, 0.15) is 75.2 Å². The van der Waals surface area contributed by atoms with E-state index in [0.717, 1.165) is 50.3 Å². The van der Waals surface area contributed by atoms with Gasteiger partial charge in [-0.05, 0) is 82.1 Å². The molecule has 9 heteroatoms. The number of amides is 4. The lowest BCUT2D eigenvalue weighted by Crippen LogP contribution is -2.67. The Hall–Kier alpha value is -3.10. The first-order valence-electron chi connectivity index (χ1n) is 13.5. The van der Waals surface area contributed by atoms with E-state index >= 15 is 0 Å². The van der Waals surface area contributed by atoms with Crippen LogP contribution in [0.4, 0.5) is 10.5 Å². The molecule has 5 aliphatic rings. The molecular formula is C28H36N4O5. The molecule has 198 valence electrons. The molecular weight excluding hydrogens is 472 g/mol. The van der Waals surface area contributed by atoms with E-state index in [1.165, 1.54) is 12.8 Å². The van der Waals surface area contributed by atoms with Crippen LogP contribution < -0.4 is 10.2 Å². The molecule has 4 aliphatic heterocycles. The highest BCUT2D eigenvalue weighted by Crippen LogP contribution is 2.63. The highest BCUT2D eigenvalue weighted by Gasteiger charge is 2.60. The van der Waals surface area contributed by atoms with Crippen LogP contribution in [-0.2, 0) is 20.9 Å². The predicted molar refractivity (Wildman–Crippen MR) is 136 cm³/mol. The second-order valence-electron chi connectivity index (χ2n) is 12.9. The fourth-order valence-electron chi connectivity index (χ4n) is 7.31. The quantitative estimate of drug-likeness (QED) is 0.617. The fraction of sp³-hybridized carbons (Fsp3) is 0.643. The summed E-state index contributed by atoms with van der Waals surface area (Å²) in [7, 11) is 0. The van der Waals surface area contributed by atoms with Crippen LogP contribution in [0.5, 0.6) is 0 Å². The summed E-state index contributed by atoms with van der Waals surface area (Å²) in [5.41, 5.74) is 2.99. The Balaban J connectivity index is 1.03. The number of hydrogen-bond acceptors (Lipinski definition) is 6. The van der Waals surface area contributed by atoms with Crippen molar-refractivity contribution in [3.8, 4) is 0 Å². The van der Waals surface area contributed by atoms with Gasteiger partial charge in [0, 0.05) is 55.8 Å². The van der Waals surface area contributed by atoms with Crippen molar-refractivity contribution in [1.29, 1.82) is 0 Å². The molecule has 3 saturated heterocycles. The molecule has 0 bridgehead atoms. The van der Waals surface area contributed by atoms with Gasteiger partial charge in [-0.3, -0.25) is 19.7 Å². The topological polar surface area (TPSA) is 99.3 Å². The van der Waals surface area contributed by atoms with Crippen LogP contribution in [-0.4, -0.2) is 71.4 Å². The number of imide groups is 1. The molecule has 4 fully saturated rings. The summed E-state index contributed by atoms with van der Waals surface area (Å²) in [5.74, 6) is -0.779. The lowest BCUT2D eigenvalue weighted by molar-refractivity contribution is -0.136. The van der Waals surface area contributed by atoms with Crippen LogP contribution in [0.15, 0.2) is 18.2 Å². The zero-order chi connectivity index (χ0) is 26.2. The summed E-state index contributed by atoms with van der Waals surface area (Å²) in [6.07, 6.45) is 4.96. The van der Waals surface area contributed by atoms with E-state index in [4.69, 9.17) is 4.74 Å². The second kappa shape index (κ2) is 8.20. The number of anilines is 1. The number of fused-ring (bicyclic) bond motifs is 1. The summed E-state index contributed by atoms with van der Waals surface area (Å²) >= 11 is 0. The molecule has 9 nitrogen and oxygen atoms in total. The SMILES string of the molecule is CC(C)(C)OC(=O)N1CCC2(CC1)CC1(CN(c3ccc4c(c3)CN(C3CCC(=O)NC3=O)C4=O)C1)C2. The van der Waals surface area contributed by atoms with Crippen molar-refractivity contribution < 1.29 is 23.9 Å². The Morgan fingerprint density at radius 2 is 1.76 bits per heavy atom. The highest BCUT2D eigenvalue weighted by molar-refractivity contribution is 6.05. The normalized spacial score (nSPS) is 26.1. The number of hydrogen-bond donors (Lipinski definition) is 1. The molecule has 1 aliphatic carbocycles. The van der Waals surface area contributed by atoms with E-state index in [-0.39, 0.29) is 30.2 Å². The van der Waals surface area contributed by atoms with Crippen molar-refractivity contribution in [1.82, 2.24) is 15.1 Å². The van der Waals surface area contributed by atoms with Gasteiger partial charge in [0.05, 0.1) is 0 Å². The first-order valence-corrected chi connectivity index (χ1v) is 13.5. The van der Waals surface area contributed by atoms with Crippen molar-refractivity contribution >= 4 is 29.5 Å². The number of piperidine rings is 2. The molecule has 1 atom stereocenters. The largest absolute Gasteiger partial charge is 0.444 e. The molecule has 1 N–H and O–H groups in total. The molecule has 37 heavy (non-hydrogen) atoms. The molecule has 6 rings (SSSR count). The standard InChI is InChI=1S/C28H36N4O5/c1-26(2,3)37-25(36)30-10-8-27(9-11-30)14-28(15-27)16-31(17-28)19-4-5-20-18(12-19)13-32(24(20)35)21-6-7-22(33)29-23(21)34/h4-5,12,21H,6-11,13-17H2,1-3H3,(H,29,33,34). The van der Waals surface area contributed by atoms with Crippen LogP contribution in [0.25, 0.3) is 0 Å². The maximum Gasteiger partial charge on any atom is 0.410 e. The number of carbonyl (C=O) groups excluding carboxylic acids is 4. The van der Waals surface area contributed by atoms with Gasteiger partial charge in [-0.2, -0.15) is 0 Å². The van der Waals surface area contributed by atoms with Crippen molar-refractivity contribution in [3.05, 3.63) is 29.3 Å². The van der Waals surface area contributed by atoms with Gasteiger partial charge in [0.2, 0.25) is 11.8 Å². The van der Waals surface area contributed by atoms with Crippen molar-refractivity contribution in [2.24, 2.45) is 10.8 Å². The van der Waals surface area contributed by atoms with E-state index in [1.807, 2.05) is 37.8 Å². The van der Waals surface area contributed by atoms with Gasteiger partial charge in [0.25, 0.3) is 5.91 Å². The van der Waals surface area contributed by atoms with Gasteiger partial charge < -0.3 is 19.4 Å². The number of likely N-dealkylation sites (tertiary alicyclic amines) is 1. The molecule has 1 saturated carbocycles. The number of nitrogens with zero attached hydrogens (tertiary/aromatic N) is 3. The molecule has 4 heterocycles. The zero-order valence-corrected chi connectivity index (χ0v) is 22.0. The number of benzene rings is 1. The third-order valence-corrected chi connectivity index (χ3v) is 8.90. The van der Waals surface area contributed by atoms with E-state index in [2.05, 4.69) is 16.3 Å².